The molecule has 25 heavy (non-hydrogen) atoms. The van der Waals surface area contributed by atoms with Crippen molar-refractivity contribution in [3.8, 4) is 0 Å². The summed E-state index contributed by atoms with van der Waals surface area (Å²) in [5, 5.41) is 6.91. The van der Waals surface area contributed by atoms with Gasteiger partial charge in [0, 0.05) is 51.6 Å². The molecule has 0 radical (unpaired) electrons. The lowest BCUT2D eigenvalue weighted by Crippen LogP contribution is -2.50. The van der Waals surface area contributed by atoms with Gasteiger partial charge in [0.05, 0.1) is 0 Å². The molecule has 1 heterocycles. The summed E-state index contributed by atoms with van der Waals surface area (Å²) in [6, 6.07) is 1.28. The minimum absolute atomic E-state index is 0.0296. The number of hydrogen-bond acceptors (Lipinski definition) is 4. The molecule has 0 bridgehead atoms. The molecule has 0 atom stereocenters. The zero-order chi connectivity index (χ0) is 18.1. The zero-order valence-corrected chi connectivity index (χ0v) is 16.9. The van der Waals surface area contributed by atoms with Gasteiger partial charge in [-0.05, 0) is 31.9 Å². The summed E-state index contributed by atoms with van der Waals surface area (Å²) in [6.07, 6.45) is 9.97. The Morgan fingerprint density at radius 1 is 1.20 bits per heavy atom. The van der Waals surface area contributed by atoms with E-state index < -0.39 is 0 Å². The molecule has 2 N–H and O–H groups in total. The Balaban J connectivity index is 1.81. The van der Waals surface area contributed by atoms with Crippen molar-refractivity contribution in [3.05, 3.63) is 0 Å². The fourth-order valence-corrected chi connectivity index (χ4v) is 3.89. The second kappa shape index (κ2) is 10.9. The van der Waals surface area contributed by atoms with E-state index in [1.165, 1.54) is 38.8 Å². The third-order valence-corrected chi connectivity index (χ3v) is 5.79. The highest BCUT2D eigenvalue weighted by Crippen LogP contribution is 2.26. The van der Waals surface area contributed by atoms with Crippen LogP contribution in [-0.4, -0.2) is 86.0 Å². The lowest BCUT2D eigenvalue weighted by molar-refractivity contribution is -0.127. The number of piperidine rings is 1. The van der Waals surface area contributed by atoms with Crippen LogP contribution in [0.15, 0.2) is 4.99 Å². The largest absolute Gasteiger partial charge is 0.356 e. The zero-order valence-electron chi connectivity index (χ0n) is 16.1. The normalized spacial score (nSPS) is 20.7. The van der Waals surface area contributed by atoms with Crippen molar-refractivity contribution in [3.63, 3.8) is 0 Å². The molecule has 0 unspecified atom stereocenters. The number of nitrogens with zero attached hydrogens (tertiary/aromatic N) is 3. The second-order valence-corrected chi connectivity index (χ2v) is 8.25. The monoisotopic (exact) mass is 369 g/mol. The number of likely N-dealkylation sites (N-methyl/N-ethyl adjacent to an activating group) is 1. The van der Waals surface area contributed by atoms with Gasteiger partial charge in [0.15, 0.2) is 5.96 Å². The summed E-state index contributed by atoms with van der Waals surface area (Å²) in [5.41, 5.74) is 0. The van der Waals surface area contributed by atoms with Crippen LogP contribution in [0.5, 0.6) is 0 Å². The van der Waals surface area contributed by atoms with Gasteiger partial charge in [0.2, 0.25) is 5.91 Å². The van der Waals surface area contributed by atoms with Crippen molar-refractivity contribution in [1.82, 2.24) is 20.4 Å². The Hall–Kier alpha value is -0.950. The molecule has 1 saturated heterocycles. The van der Waals surface area contributed by atoms with Gasteiger partial charge >= 0.3 is 0 Å². The highest BCUT2D eigenvalue weighted by Gasteiger charge is 2.27. The summed E-state index contributed by atoms with van der Waals surface area (Å²) < 4.78 is 0. The third kappa shape index (κ3) is 7.05. The van der Waals surface area contributed by atoms with E-state index in [0.29, 0.717) is 6.04 Å². The lowest BCUT2D eigenvalue weighted by Gasteiger charge is -2.36. The molecule has 0 aromatic rings. The first-order chi connectivity index (χ1) is 12.1. The molecule has 144 valence electrons. The van der Waals surface area contributed by atoms with Crippen LogP contribution in [0.25, 0.3) is 0 Å². The maximum absolute atomic E-state index is 11.8. The van der Waals surface area contributed by atoms with Crippen LogP contribution in [-0.2, 0) is 4.79 Å². The van der Waals surface area contributed by atoms with Crippen LogP contribution < -0.4 is 10.6 Å². The van der Waals surface area contributed by atoms with Crippen LogP contribution in [0.1, 0.15) is 38.5 Å². The number of nitrogens with one attached hydrogen (secondary N) is 2. The number of amides is 1. The maximum atomic E-state index is 11.8. The number of carbonyl (C=O) groups is 1. The summed E-state index contributed by atoms with van der Waals surface area (Å²) in [7, 11) is 3.54. The van der Waals surface area contributed by atoms with Gasteiger partial charge in [-0.2, -0.15) is 11.8 Å². The number of rotatable bonds is 7. The number of carbonyl (C=O) groups excluding carboxylic acids is 1. The molecule has 1 amide bonds. The van der Waals surface area contributed by atoms with Gasteiger partial charge in [-0.15, -0.1) is 0 Å². The second-order valence-electron chi connectivity index (χ2n) is 7.27. The predicted octanol–water partition coefficient (Wildman–Crippen LogP) is 1.38. The summed E-state index contributed by atoms with van der Waals surface area (Å²) in [5.74, 6) is 1.84. The van der Waals surface area contributed by atoms with E-state index in [4.69, 9.17) is 0 Å². The highest BCUT2D eigenvalue weighted by molar-refractivity contribution is 7.98. The van der Waals surface area contributed by atoms with Crippen molar-refractivity contribution in [2.75, 3.05) is 52.3 Å². The molecule has 0 aromatic carbocycles. The number of guanidine groups is 1. The number of aliphatic imine (C=N–C) groups is 1. The Kier molecular flexibility index (Phi) is 8.89. The van der Waals surface area contributed by atoms with Crippen molar-refractivity contribution in [2.45, 2.75) is 50.6 Å². The van der Waals surface area contributed by atoms with Crippen LogP contribution in [0, 0.1) is 0 Å². The molecule has 1 saturated carbocycles. The van der Waals surface area contributed by atoms with Gasteiger partial charge in [-0.1, -0.05) is 12.8 Å². The molecule has 2 fully saturated rings. The molecule has 1 aliphatic carbocycles. The number of hydrogen-bond donors (Lipinski definition) is 2. The van der Waals surface area contributed by atoms with E-state index in [9.17, 15) is 4.79 Å². The first-order valence-corrected chi connectivity index (χ1v) is 11.0. The minimum Gasteiger partial charge on any atom is -0.356 e. The Morgan fingerprint density at radius 3 is 2.48 bits per heavy atom. The predicted molar refractivity (Wildman–Crippen MR) is 107 cm³/mol. The molecule has 0 spiro atoms. The van der Waals surface area contributed by atoms with E-state index >= 15 is 0 Å². The summed E-state index contributed by atoms with van der Waals surface area (Å²) in [4.78, 5) is 20.6. The summed E-state index contributed by atoms with van der Waals surface area (Å²) in [6.45, 7) is 3.42. The molecule has 2 rings (SSSR count). The van der Waals surface area contributed by atoms with Crippen LogP contribution >= 0.6 is 11.8 Å². The van der Waals surface area contributed by atoms with Crippen molar-refractivity contribution in [2.24, 2.45) is 4.99 Å². The average Bonchev–Trinajstić information content (AvgIpc) is 3.14. The standard InChI is InChI=1S/C18H35N5OS/c1-22(2)17(24)14-20-18(19-10-13-25-3)21-15-8-11-23(12-9-15)16-6-4-5-7-16/h15-16H,4-14H2,1-3H3,(H2,19,20,21). The van der Waals surface area contributed by atoms with Crippen molar-refractivity contribution < 1.29 is 4.79 Å². The third-order valence-electron chi connectivity index (χ3n) is 5.18. The SMILES string of the molecule is CSCCNC(=NCC(=O)N(C)C)NC1CCN(C2CCCC2)CC1. The average molecular weight is 370 g/mol. The van der Waals surface area contributed by atoms with E-state index in [1.54, 1.807) is 30.8 Å². The minimum atomic E-state index is 0.0296. The van der Waals surface area contributed by atoms with Crippen LogP contribution in [0.4, 0.5) is 0 Å². The van der Waals surface area contributed by atoms with Gasteiger partial charge in [0.1, 0.15) is 6.54 Å². The Bertz CT molecular complexity index is 429. The first-order valence-electron chi connectivity index (χ1n) is 9.58. The van der Waals surface area contributed by atoms with Gasteiger partial charge < -0.3 is 20.4 Å². The van der Waals surface area contributed by atoms with E-state index in [2.05, 4.69) is 26.8 Å². The van der Waals surface area contributed by atoms with Gasteiger partial charge in [-0.3, -0.25) is 4.79 Å². The van der Waals surface area contributed by atoms with E-state index in [1.807, 2.05) is 0 Å². The van der Waals surface area contributed by atoms with Gasteiger partial charge in [0.25, 0.3) is 0 Å². The van der Waals surface area contributed by atoms with E-state index in [0.717, 1.165) is 37.1 Å². The molecule has 0 aromatic heterocycles. The summed E-state index contributed by atoms with van der Waals surface area (Å²) >= 11 is 1.81. The smallest absolute Gasteiger partial charge is 0.243 e. The Morgan fingerprint density at radius 2 is 1.88 bits per heavy atom. The van der Waals surface area contributed by atoms with E-state index in [-0.39, 0.29) is 12.5 Å². The quantitative estimate of drug-likeness (QED) is 0.403. The molecule has 7 heteroatoms. The maximum Gasteiger partial charge on any atom is 0.243 e. The molecule has 6 nitrogen and oxygen atoms in total. The fourth-order valence-electron chi connectivity index (χ4n) is 3.58. The molecule has 2 aliphatic rings. The van der Waals surface area contributed by atoms with Gasteiger partial charge in [-0.25, -0.2) is 4.99 Å². The lowest BCUT2D eigenvalue weighted by atomic mass is 10.0. The highest BCUT2D eigenvalue weighted by atomic mass is 32.2. The van der Waals surface area contributed by atoms with Crippen LogP contribution in [0.2, 0.25) is 0 Å². The molecule has 1 aliphatic heterocycles. The van der Waals surface area contributed by atoms with Crippen LogP contribution in [0.3, 0.4) is 0 Å². The fraction of sp³-hybridized carbons (Fsp3) is 0.889. The van der Waals surface area contributed by atoms with Crippen molar-refractivity contribution >= 4 is 23.6 Å². The first kappa shape index (κ1) is 20.4. The molecular formula is C18H35N5OS. The number of thioether (sulfide) groups is 1. The topological polar surface area (TPSA) is 60.0 Å². The Labute approximate surface area is 157 Å². The molecular weight excluding hydrogens is 334 g/mol. The van der Waals surface area contributed by atoms with Crippen molar-refractivity contribution in [1.29, 1.82) is 0 Å². The number of likely N-dealkylation sites (tertiary alicyclic amines) is 1.